The molecule has 0 saturated carbocycles. The van der Waals surface area contributed by atoms with Gasteiger partial charge in [0, 0.05) is 12.6 Å². The van der Waals surface area contributed by atoms with Crippen LogP contribution in [0.3, 0.4) is 0 Å². The Morgan fingerprint density at radius 1 is 1.38 bits per heavy atom. The number of rotatable bonds is 7. The molecule has 0 fully saturated rings. The van der Waals surface area contributed by atoms with Crippen molar-refractivity contribution in [3.8, 4) is 0 Å². The molecule has 5 nitrogen and oxygen atoms in total. The third kappa shape index (κ3) is 8.02. The summed E-state index contributed by atoms with van der Waals surface area (Å²) in [5.74, 6) is 2.78. The molecule has 0 radical (unpaired) electrons. The highest BCUT2D eigenvalue weighted by Crippen LogP contribution is 2.13. The van der Waals surface area contributed by atoms with E-state index in [4.69, 9.17) is 9.15 Å². The molecule has 2 N–H and O–H groups in total. The first-order valence-electron chi connectivity index (χ1n) is 7.07. The number of hydrogen-bond acceptors (Lipinski definition) is 5. The van der Waals surface area contributed by atoms with Crippen molar-refractivity contribution in [1.82, 2.24) is 10.6 Å². The van der Waals surface area contributed by atoms with Crippen molar-refractivity contribution in [1.29, 1.82) is 0 Å². The molecule has 0 aliphatic carbocycles. The first-order valence-corrected chi connectivity index (χ1v) is 8.46. The van der Waals surface area contributed by atoms with Crippen molar-refractivity contribution in [3.05, 3.63) is 23.7 Å². The number of ether oxygens (including phenoxy) is 1. The molecule has 1 heterocycles. The van der Waals surface area contributed by atoms with E-state index in [1.807, 2.05) is 46.1 Å². The number of amides is 1. The van der Waals surface area contributed by atoms with Crippen LogP contribution in [0, 0.1) is 0 Å². The third-order valence-electron chi connectivity index (χ3n) is 2.58. The van der Waals surface area contributed by atoms with Crippen LogP contribution in [0.2, 0.25) is 0 Å². The van der Waals surface area contributed by atoms with Gasteiger partial charge in [0.1, 0.15) is 17.1 Å². The van der Waals surface area contributed by atoms with E-state index in [-0.39, 0.29) is 6.04 Å². The number of thioether (sulfide) groups is 1. The number of furan rings is 1. The average Bonchev–Trinajstić information content (AvgIpc) is 2.80. The molecule has 0 aromatic carbocycles. The molecule has 0 aliphatic heterocycles. The zero-order chi connectivity index (χ0) is 15.9. The van der Waals surface area contributed by atoms with Crippen molar-refractivity contribution in [2.45, 2.75) is 51.6 Å². The van der Waals surface area contributed by atoms with Gasteiger partial charge < -0.3 is 19.8 Å². The van der Waals surface area contributed by atoms with Gasteiger partial charge in [-0.15, -0.1) is 0 Å². The highest BCUT2D eigenvalue weighted by atomic mass is 32.2. The number of alkyl carbamates (subject to hydrolysis) is 1. The standard InChI is InChI=1S/C15H26N2O3S/c1-11(8-17-14(18)20-15(2,3)4)16-9-12-6-7-13(19-12)10-21-5/h6-7,11,16H,8-10H2,1-5H3,(H,17,18). The summed E-state index contributed by atoms with van der Waals surface area (Å²) in [5, 5.41) is 6.04. The number of hydrogen-bond donors (Lipinski definition) is 2. The van der Waals surface area contributed by atoms with Crippen LogP contribution in [0.5, 0.6) is 0 Å². The SMILES string of the molecule is CSCc1ccc(CNC(C)CNC(=O)OC(C)(C)C)o1. The Morgan fingerprint density at radius 3 is 2.67 bits per heavy atom. The molecule has 0 saturated heterocycles. The molecule has 1 atom stereocenters. The largest absolute Gasteiger partial charge is 0.464 e. The second-order valence-electron chi connectivity index (χ2n) is 5.97. The van der Waals surface area contributed by atoms with E-state index < -0.39 is 11.7 Å². The maximum Gasteiger partial charge on any atom is 0.407 e. The summed E-state index contributed by atoms with van der Waals surface area (Å²) in [6, 6.07) is 4.11. The topological polar surface area (TPSA) is 63.5 Å². The Kier molecular flexibility index (Phi) is 7.11. The lowest BCUT2D eigenvalue weighted by atomic mass is 10.2. The lowest BCUT2D eigenvalue weighted by Gasteiger charge is -2.21. The van der Waals surface area contributed by atoms with E-state index >= 15 is 0 Å². The summed E-state index contributed by atoms with van der Waals surface area (Å²) in [6.45, 7) is 8.69. The molecular weight excluding hydrogens is 288 g/mol. The van der Waals surface area contributed by atoms with Gasteiger partial charge in [-0.3, -0.25) is 0 Å². The van der Waals surface area contributed by atoms with Crippen molar-refractivity contribution in [3.63, 3.8) is 0 Å². The van der Waals surface area contributed by atoms with Crippen LogP contribution in [-0.2, 0) is 17.0 Å². The molecule has 1 rings (SSSR count). The smallest absolute Gasteiger partial charge is 0.407 e. The molecule has 1 aromatic heterocycles. The van der Waals surface area contributed by atoms with Crippen LogP contribution in [-0.4, -0.2) is 30.5 Å². The van der Waals surface area contributed by atoms with Crippen LogP contribution in [0.4, 0.5) is 4.79 Å². The molecule has 1 unspecified atom stereocenters. The van der Waals surface area contributed by atoms with E-state index in [1.165, 1.54) is 0 Å². The first-order chi connectivity index (χ1) is 9.80. The summed E-state index contributed by atoms with van der Waals surface area (Å²) in [5.41, 5.74) is -0.470. The minimum Gasteiger partial charge on any atom is -0.464 e. The van der Waals surface area contributed by atoms with Gasteiger partial charge in [0.25, 0.3) is 0 Å². The summed E-state index contributed by atoms with van der Waals surface area (Å²) < 4.78 is 10.9. The van der Waals surface area contributed by atoms with Crippen molar-refractivity contribution < 1.29 is 13.9 Å². The molecule has 0 spiro atoms. The quantitative estimate of drug-likeness (QED) is 0.809. The predicted octanol–water partition coefficient (Wildman–Crippen LogP) is 3.15. The van der Waals surface area contributed by atoms with Gasteiger partial charge in [-0.25, -0.2) is 4.79 Å². The molecular formula is C15H26N2O3S. The Balaban J connectivity index is 2.24. The minimum atomic E-state index is -0.470. The second-order valence-corrected chi connectivity index (χ2v) is 6.83. The molecule has 21 heavy (non-hydrogen) atoms. The molecule has 1 aromatic rings. The maximum atomic E-state index is 11.5. The fourth-order valence-electron chi connectivity index (χ4n) is 1.63. The van der Waals surface area contributed by atoms with E-state index in [1.54, 1.807) is 11.8 Å². The highest BCUT2D eigenvalue weighted by molar-refractivity contribution is 7.97. The Morgan fingerprint density at radius 2 is 2.05 bits per heavy atom. The fraction of sp³-hybridized carbons (Fsp3) is 0.667. The molecule has 0 bridgehead atoms. The summed E-state index contributed by atoms with van der Waals surface area (Å²) >= 11 is 1.73. The van der Waals surface area contributed by atoms with E-state index in [9.17, 15) is 4.79 Å². The van der Waals surface area contributed by atoms with Gasteiger partial charge >= 0.3 is 6.09 Å². The lowest BCUT2D eigenvalue weighted by Crippen LogP contribution is -2.40. The van der Waals surface area contributed by atoms with Crippen molar-refractivity contribution in [2.24, 2.45) is 0 Å². The van der Waals surface area contributed by atoms with E-state index in [0.29, 0.717) is 13.1 Å². The summed E-state index contributed by atoms with van der Waals surface area (Å²) in [4.78, 5) is 11.5. The first kappa shape index (κ1) is 17.9. The lowest BCUT2D eigenvalue weighted by molar-refractivity contribution is 0.0523. The Hall–Kier alpha value is -1.14. The number of carbonyl (C=O) groups is 1. The van der Waals surface area contributed by atoms with Crippen LogP contribution in [0.25, 0.3) is 0 Å². The van der Waals surface area contributed by atoms with Gasteiger partial charge in [-0.05, 0) is 46.1 Å². The fourth-order valence-corrected chi connectivity index (χ4v) is 2.07. The van der Waals surface area contributed by atoms with Crippen molar-refractivity contribution in [2.75, 3.05) is 12.8 Å². The van der Waals surface area contributed by atoms with Gasteiger partial charge in [-0.1, -0.05) is 0 Å². The van der Waals surface area contributed by atoms with Gasteiger partial charge in [0.05, 0.1) is 12.3 Å². The molecule has 0 aliphatic rings. The Bertz CT molecular complexity index is 440. The minimum absolute atomic E-state index is 0.131. The van der Waals surface area contributed by atoms with Gasteiger partial charge in [0.2, 0.25) is 0 Å². The van der Waals surface area contributed by atoms with Gasteiger partial charge in [-0.2, -0.15) is 11.8 Å². The molecule has 6 heteroatoms. The average molecular weight is 314 g/mol. The number of carbonyl (C=O) groups excluding carboxylic acids is 1. The monoisotopic (exact) mass is 314 g/mol. The van der Waals surface area contributed by atoms with Crippen LogP contribution >= 0.6 is 11.8 Å². The normalized spacial score (nSPS) is 13.0. The highest BCUT2D eigenvalue weighted by Gasteiger charge is 2.16. The van der Waals surface area contributed by atoms with Crippen LogP contribution in [0.1, 0.15) is 39.2 Å². The van der Waals surface area contributed by atoms with Crippen LogP contribution < -0.4 is 10.6 Å². The van der Waals surface area contributed by atoms with E-state index in [2.05, 4.69) is 10.6 Å². The summed E-state index contributed by atoms with van der Waals surface area (Å²) in [7, 11) is 0. The second kappa shape index (κ2) is 8.34. The molecule has 1 amide bonds. The van der Waals surface area contributed by atoms with E-state index in [0.717, 1.165) is 17.3 Å². The third-order valence-corrected chi connectivity index (χ3v) is 3.15. The summed E-state index contributed by atoms with van der Waals surface area (Å²) in [6.07, 6.45) is 1.65. The van der Waals surface area contributed by atoms with Crippen molar-refractivity contribution >= 4 is 17.9 Å². The zero-order valence-electron chi connectivity index (χ0n) is 13.5. The number of nitrogens with one attached hydrogen (secondary N) is 2. The van der Waals surface area contributed by atoms with Crippen LogP contribution in [0.15, 0.2) is 16.5 Å². The van der Waals surface area contributed by atoms with Gasteiger partial charge in [0.15, 0.2) is 0 Å². The Labute approximate surface area is 131 Å². The molecule has 120 valence electrons. The zero-order valence-corrected chi connectivity index (χ0v) is 14.3. The maximum absolute atomic E-state index is 11.5. The predicted molar refractivity (Wildman–Crippen MR) is 86.5 cm³/mol.